The zero-order chi connectivity index (χ0) is 15.7. The predicted molar refractivity (Wildman–Crippen MR) is 70.0 cm³/mol. The smallest absolute Gasteiger partial charge is 0.411 e. The normalized spacial score (nSPS) is 14.5. The Hall–Kier alpha value is -2.12. The number of carboxylic acid groups (broad SMARTS) is 1. The van der Waals surface area contributed by atoms with Crippen LogP contribution in [0.1, 0.15) is 33.5 Å². The van der Waals surface area contributed by atoms with Crippen LogP contribution in [-0.2, 0) is 22.1 Å². The van der Waals surface area contributed by atoms with Gasteiger partial charge in [0.2, 0.25) is 0 Å². The van der Waals surface area contributed by atoms with Gasteiger partial charge in [-0.05, 0) is 27.7 Å². The second-order valence-corrected chi connectivity index (χ2v) is 5.68. The lowest BCUT2D eigenvalue weighted by Gasteiger charge is -2.35. The number of rotatable bonds is 3. The molecule has 0 aliphatic heterocycles. The van der Waals surface area contributed by atoms with Crippen molar-refractivity contribution in [3.05, 3.63) is 12.2 Å². The van der Waals surface area contributed by atoms with Crippen molar-refractivity contribution in [3.8, 4) is 0 Å². The molecule has 1 heterocycles. The van der Waals surface area contributed by atoms with Crippen LogP contribution in [0.2, 0.25) is 0 Å². The van der Waals surface area contributed by atoms with Gasteiger partial charge in [0.1, 0.15) is 11.9 Å². The molecule has 0 aromatic carbocycles. The molecule has 0 aliphatic carbocycles. The molecule has 112 valence electrons. The van der Waals surface area contributed by atoms with E-state index in [9.17, 15) is 14.7 Å². The zero-order valence-electron chi connectivity index (χ0n) is 12.5. The average Bonchev–Trinajstić information content (AvgIpc) is 2.71. The maximum absolute atomic E-state index is 12.1. The molecule has 0 saturated heterocycles. The SMILES string of the molecule is CN(C(=O)OC(C)(C)C)[C@@](C)(C(=O)O)c1nncn1C. The van der Waals surface area contributed by atoms with E-state index in [1.807, 2.05) is 0 Å². The van der Waals surface area contributed by atoms with Crippen LogP contribution in [0, 0.1) is 0 Å². The Morgan fingerprint density at radius 1 is 1.35 bits per heavy atom. The van der Waals surface area contributed by atoms with E-state index in [-0.39, 0.29) is 5.82 Å². The molecule has 1 amide bonds. The highest BCUT2D eigenvalue weighted by molar-refractivity contribution is 5.84. The molecular weight excluding hydrogens is 264 g/mol. The summed E-state index contributed by atoms with van der Waals surface area (Å²) in [5, 5.41) is 17.0. The molecule has 1 rings (SSSR count). The first-order valence-corrected chi connectivity index (χ1v) is 6.05. The highest BCUT2D eigenvalue weighted by Crippen LogP contribution is 2.27. The summed E-state index contributed by atoms with van der Waals surface area (Å²) < 4.78 is 6.65. The van der Waals surface area contributed by atoms with Crippen molar-refractivity contribution in [3.63, 3.8) is 0 Å². The van der Waals surface area contributed by atoms with Gasteiger partial charge < -0.3 is 14.4 Å². The molecule has 1 aromatic rings. The lowest BCUT2D eigenvalue weighted by Crippen LogP contribution is -2.53. The quantitative estimate of drug-likeness (QED) is 0.888. The molecule has 1 N–H and O–H groups in total. The minimum atomic E-state index is -1.67. The van der Waals surface area contributed by atoms with Gasteiger partial charge in [0.05, 0.1) is 0 Å². The third kappa shape index (κ3) is 2.89. The molecule has 0 unspecified atom stereocenters. The van der Waals surface area contributed by atoms with Crippen LogP contribution in [0.4, 0.5) is 4.79 Å². The van der Waals surface area contributed by atoms with E-state index < -0.39 is 23.2 Å². The average molecular weight is 284 g/mol. The van der Waals surface area contributed by atoms with Gasteiger partial charge in [0.15, 0.2) is 11.4 Å². The number of carbonyl (C=O) groups excluding carboxylic acids is 1. The summed E-state index contributed by atoms with van der Waals surface area (Å²) in [7, 11) is 2.97. The standard InChI is InChI=1S/C12H20N4O4/c1-11(2,3)20-10(19)16(6)12(4,9(17)18)8-14-13-7-15(8)5/h7H,1-6H3,(H,17,18)/t12-/m1/s1. The number of carbonyl (C=O) groups is 2. The number of carboxylic acids is 1. The number of ether oxygens (including phenoxy) is 1. The summed E-state index contributed by atoms with van der Waals surface area (Å²) in [5.41, 5.74) is -2.39. The Morgan fingerprint density at radius 3 is 2.25 bits per heavy atom. The number of aromatic nitrogens is 3. The van der Waals surface area contributed by atoms with Crippen molar-refractivity contribution in [2.45, 2.75) is 38.8 Å². The fourth-order valence-electron chi connectivity index (χ4n) is 1.63. The van der Waals surface area contributed by atoms with E-state index in [2.05, 4.69) is 10.2 Å². The number of hydrogen-bond donors (Lipinski definition) is 1. The van der Waals surface area contributed by atoms with E-state index >= 15 is 0 Å². The molecule has 0 spiro atoms. The predicted octanol–water partition coefficient (Wildman–Crippen LogP) is 0.982. The molecule has 20 heavy (non-hydrogen) atoms. The molecule has 0 bridgehead atoms. The molecule has 1 atom stereocenters. The maximum Gasteiger partial charge on any atom is 0.411 e. The zero-order valence-corrected chi connectivity index (χ0v) is 12.5. The number of aryl methyl sites for hydroxylation is 1. The van der Waals surface area contributed by atoms with E-state index in [1.165, 1.54) is 24.9 Å². The Labute approximate surface area is 117 Å². The number of nitrogens with zero attached hydrogens (tertiary/aromatic N) is 4. The minimum Gasteiger partial charge on any atom is -0.479 e. The van der Waals surface area contributed by atoms with Crippen LogP contribution in [-0.4, -0.2) is 49.5 Å². The van der Waals surface area contributed by atoms with Gasteiger partial charge in [0, 0.05) is 14.1 Å². The number of hydrogen-bond acceptors (Lipinski definition) is 5. The molecule has 0 saturated carbocycles. The summed E-state index contributed by atoms with van der Waals surface area (Å²) in [5.74, 6) is -1.08. The van der Waals surface area contributed by atoms with Gasteiger partial charge in [-0.25, -0.2) is 9.59 Å². The minimum absolute atomic E-state index is 0.137. The number of aliphatic carboxylic acids is 1. The topological polar surface area (TPSA) is 97.6 Å². The van der Waals surface area contributed by atoms with Crippen molar-refractivity contribution in [1.29, 1.82) is 0 Å². The largest absolute Gasteiger partial charge is 0.479 e. The molecule has 0 fully saturated rings. The first kappa shape index (κ1) is 15.9. The van der Waals surface area contributed by atoms with Gasteiger partial charge in [-0.3, -0.25) is 4.90 Å². The monoisotopic (exact) mass is 284 g/mol. The van der Waals surface area contributed by atoms with Gasteiger partial charge >= 0.3 is 12.1 Å². The summed E-state index contributed by atoms with van der Waals surface area (Å²) in [4.78, 5) is 24.8. The molecule has 8 nitrogen and oxygen atoms in total. The fraction of sp³-hybridized carbons (Fsp3) is 0.667. The fourth-order valence-corrected chi connectivity index (χ4v) is 1.63. The Morgan fingerprint density at radius 2 is 1.90 bits per heavy atom. The van der Waals surface area contributed by atoms with Crippen LogP contribution in [0.25, 0.3) is 0 Å². The van der Waals surface area contributed by atoms with E-state index in [0.29, 0.717) is 0 Å². The van der Waals surface area contributed by atoms with Crippen LogP contribution in [0.3, 0.4) is 0 Å². The first-order chi connectivity index (χ1) is 9.00. The highest BCUT2D eigenvalue weighted by atomic mass is 16.6. The van der Waals surface area contributed by atoms with Gasteiger partial charge in [-0.2, -0.15) is 0 Å². The Bertz CT molecular complexity index is 520. The summed E-state index contributed by atoms with van der Waals surface area (Å²) in [6.45, 7) is 6.50. The van der Waals surface area contributed by atoms with Crippen molar-refractivity contribution in [2.75, 3.05) is 7.05 Å². The van der Waals surface area contributed by atoms with Crippen LogP contribution >= 0.6 is 0 Å². The maximum atomic E-state index is 12.1. The lowest BCUT2D eigenvalue weighted by molar-refractivity contribution is -0.150. The van der Waals surface area contributed by atoms with Crippen molar-refractivity contribution in [2.24, 2.45) is 7.05 Å². The van der Waals surface area contributed by atoms with Crippen molar-refractivity contribution >= 4 is 12.1 Å². The highest BCUT2D eigenvalue weighted by Gasteiger charge is 2.47. The molecule has 8 heteroatoms. The van der Waals surface area contributed by atoms with Gasteiger partial charge in [-0.1, -0.05) is 0 Å². The molecular formula is C12H20N4O4. The molecule has 0 radical (unpaired) electrons. The number of amides is 1. The first-order valence-electron chi connectivity index (χ1n) is 6.05. The Balaban J connectivity index is 3.18. The van der Waals surface area contributed by atoms with Gasteiger partial charge in [0.25, 0.3) is 0 Å². The Kier molecular flexibility index (Phi) is 4.07. The lowest BCUT2D eigenvalue weighted by atomic mass is 10.00. The number of likely N-dealkylation sites (N-methyl/N-ethyl adjacent to an activating group) is 1. The van der Waals surface area contributed by atoms with E-state index in [4.69, 9.17) is 4.74 Å². The van der Waals surface area contributed by atoms with Crippen LogP contribution < -0.4 is 0 Å². The summed E-state index contributed by atoms with van der Waals surface area (Å²) in [6.07, 6.45) is 0.629. The molecule has 1 aromatic heterocycles. The third-order valence-electron chi connectivity index (χ3n) is 2.90. The molecule has 0 aliphatic rings. The summed E-state index contributed by atoms with van der Waals surface area (Å²) >= 11 is 0. The van der Waals surface area contributed by atoms with Crippen LogP contribution in [0.5, 0.6) is 0 Å². The second-order valence-electron chi connectivity index (χ2n) is 5.68. The third-order valence-corrected chi connectivity index (χ3v) is 2.90. The van der Waals surface area contributed by atoms with E-state index in [1.54, 1.807) is 27.8 Å². The van der Waals surface area contributed by atoms with Gasteiger partial charge in [-0.15, -0.1) is 10.2 Å². The van der Waals surface area contributed by atoms with Crippen LogP contribution in [0.15, 0.2) is 6.33 Å². The van der Waals surface area contributed by atoms with E-state index in [0.717, 1.165) is 4.90 Å². The summed E-state index contributed by atoms with van der Waals surface area (Å²) in [6, 6.07) is 0. The second kappa shape index (κ2) is 5.10. The van der Waals surface area contributed by atoms with Crippen molar-refractivity contribution < 1.29 is 19.4 Å². The van der Waals surface area contributed by atoms with Crippen molar-refractivity contribution in [1.82, 2.24) is 19.7 Å².